The van der Waals surface area contributed by atoms with E-state index in [9.17, 15) is 4.79 Å². The van der Waals surface area contributed by atoms with Gasteiger partial charge in [0.2, 0.25) is 0 Å². The Labute approximate surface area is 130 Å². The number of nitrogens with zero attached hydrogens (tertiary/aromatic N) is 2. The highest BCUT2D eigenvalue weighted by Crippen LogP contribution is 2.21. The molecule has 120 valence electrons. The summed E-state index contributed by atoms with van der Waals surface area (Å²) in [4.78, 5) is 18.1. The molecule has 1 heterocycles. The van der Waals surface area contributed by atoms with E-state index >= 15 is 0 Å². The number of carbonyl (C=O) groups excluding carboxylic acids is 1. The Hall–Kier alpha value is -1.18. The fourth-order valence-electron chi connectivity index (χ4n) is 1.73. The van der Waals surface area contributed by atoms with Crippen LogP contribution in [0.25, 0.3) is 0 Å². The molecule has 0 amide bonds. The third kappa shape index (κ3) is 6.88. The fourth-order valence-corrected chi connectivity index (χ4v) is 2.64. The van der Waals surface area contributed by atoms with E-state index in [1.165, 1.54) is 0 Å². The lowest BCUT2D eigenvalue weighted by atomic mass is 10.2. The summed E-state index contributed by atoms with van der Waals surface area (Å²) >= 11 is 1.58. The molecule has 0 atom stereocenters. The Bertz CT molecular complexity index is 403. The summed E-state index contributed by atoms with van der Waals surface area (Å²) in [6.07, 6.45) is 0.977. The van der Waals surface area contributed by atoms with Crippen molar-refractivity contribution in [3.05, 3.63) is 11.1 Å². The first-order valence-electron chi connectivity index (χ1n) is 7.04. The summed E-state index contributed by atoms with van der Waals surface area (Å²) in [5.74, 6) is -0.178. The quantitative estimate of drug-likeness (QED) is 0.580. The molecule has 0 saturated heterocycles. The van der Waals surface area contributed by atoms with Crippen molar-refractivity contribution in [3.63, 3.8) is 0 Å². The van der Waals surface area contributed by atoms with Crippen LogP contribution in [-0.4, -0.2) is 58.1 Å². The maximum Gasteiger partial charge on any atom is 0.306 e. The van der Waals surface area contributed by atoms with Gasteiger partial charge in [-0.25, -0.2) is 4.98 Å². The lowest BCUT2D eigenvalue weighted by Gasteiger charge is -2.20. The monoisotopic (exact) mass is 316 g/mol. The van der Waals surface area contributed by atoms with Crippen molar-refractivity contribution < 1.29 is 19.0 Å². The Kier molecular flexibility index (Phi) is 8.96. The fraction of sp³-hybridized carbons (Fsp3) is 0.714. The number of aryl methyl sites for hydroxylation is 1. The van der Waals surface area contributed by atoms with Gasteiger partial charge in [-0.3, -0.25) is 4.79 Å². The smallest absolute Gasteiger partial charge is 0.306 e. The molecule has 0 aliphatic rings. The second-order valence-electron chi connectivity index (χ2n) is 4.40. The third-order valence-electron chi connectivity index (χ3n) is 2.83. The average molecular weight is 316 g/mol. The van der Waals surface area contributed by atoms with Crippen LogP contribution in [-0.2, 0) is 25.4 Å². The zero-order valence-corrected chi connectivity index (χ0v) is 13.8. The molecular formula is C14H24N2O4S. The molecule has 0 N–H and O–H groups in total. The lowest BCUT2D eigenvalue weighted by Crippen LogP contribution is -2.30. The van der Waals surface area contributed by atoms with E-state index in [0.717, 1.165) is 23.9 Å². The van der Waals surface area contributed by atoms with Crippen LogP contribution in [0.2, 0.25) is 0 Å². The van der Waals surface area contributed by atoms with Crippen molar-refractivity contribution in [2.24, 2.45) is 0 Å². The molecular weight excluding hydrogens is 292 g/mol. The van der Waals surface area contributed by atoms with Crippen LogP contribution in [0, 0.1) is 0 Å². The number of thiazole rings is 1. The molecule has 6 nitrogen and oxygen atoms in total. The van der Waals surface area contributed by atoms with Gasteiger partial charge in [0.25, 0.3) is 0 Å². The molecule has 0 aliphatic carbocycles. The van der Waals surface area contributed by atoms with Gasteiger partial charge in [-0.15, -0.1) is 11.3 Å². The zero-order chi connectivity index (χ0) is 15.5. The van der Waals surface area contributed by atoms with Gasteiger partial charge in [0.05, 0.1) is 31.9 Å². The highest BCUT2D eigenvalue weighted by atomic mass is 32.1. The summed E-state index contributed by atoms with van der Waals surface area (Å²) in [7, 11) is 3.36. The summed E-state index contributed by atoms with van der Waals surface area (Å²) in [6.45, 7) is 5.05. The van der Waals surface area contributed by atoms with E-state index in [-0.39, 0.29) is 5.97 Å². The maximum absolute atomic E-state index is 11.3. The number of methoxy groups -OCH3 is 2. The topological polar surface area (TPSA) is 60.9 Å². The average Bonchev–Trinajstić information content (AvgIpc) is 2.94. The molecule has 1 rings (SSSR count). The summed E-state index contributed by atoms with van der Waals surface area (Å²) in [6, 6.07) is 0. The molecule has 0 radical (unpaired) electrons. The van der Waals surface area contributed by atoms with E-state index < -0.39 is 0 Å². The van der Waals surface area contributed by atoms with Crippen LogP contribution >= 0.6 is 11.3 Å². The normalized spacial score (nSPS) is 10.6. The van der Waals surface area contributed by atoms with Crippen LogP contribution in [0.4, 0.5) is 5.13 Å². The molecule has 0 unspecified atom stereocenters. The van der Waals surface area contributed by atoms with Crippen molar-refractivity contribution in [1.29, 1.82) is 0 Å². The molecule has 7 heteroatoms. The van der Waals surface area contributed by atoms with Crippen LogP contribution in [0.3, 0.4) is 0 Å². The Balaban J connectivity index is 2.54. The Morgan fingerprint density at radius 3 is 2.52 bits per heavy atom. The second kappa shape index (κ2) is 10.5. The van der Waals surface area contributed by atoms with Gasteiger partial charge < -0.3 is 19.1 Å². The second-order valence-corrected chi connectivity index (χ2v) is 5.24. The van der Waals surface area contributed by atoms with Gasteiger partial charge in [-0.05, 0) is 6.92 Å². The van der Waals surface area contributed by atoms with Crippen molar-refractivity contribution in [3.8, 4) is 0 Å². The van der Waals surface area contributed by atoms with Crippen LogP contribution in [0.15, 0.2) is 5.38 Å². The SMILES string of the molecule is CCOC(=O)CCc1csc(N(CCOC)CCOC)n1. The predicted molar refractivity (Wildman–Crippen MR) is 83.0 cm³/mol. The van der Waals surface area contributed by atoms with Gasteiger partial charge in [0.1, 0.15) is 0 Å². The van der Waals surface area contributed by atoms with E-state index in [4.69, 9.17) is 14.2 Å². The number of esters is 1. The number of aromatic nitrogens is 1. The molecule has 0 fully saturated rings. The van der Waals surface area contributed by atoms with E-state index in [2.05, 4.69) is 9.88 Å². The minimum Gasteiger partial charge on any atom is -0.466 e. The molecule has 1 aromatic heterocycles. The first kappa shape index (κ1) is 17.9. The first-order chi connectivity index (χ1) is 10.2. The molecule has 0 spiro atoms. The Morgan fingerprint density at radius 2 is 1.95 bits per heavy atom. The lowest BCUT2D eigenvalue weighted by molar-refractivity contribution is -0.143. The number of carbonyl (C=O) groups is 1. The van der Waals surface area contributed by atoms with Gasteiger partial charge in [-0.1, -0.05) is 0 Å². The van der Waals surface area contributed by atoms with Gasteiger partial charge in [0, 0.05) is 39.1 Å². The van der Waals surface area contributed by atoms with Crippen molar-refractivity contribution in [2.45, 2.75) is 19.8 Å². The van der Waals surface area contributed by atoms with Crippen molar-refractivity contribution in [1.82, 2.24) is 4.98 Å². The van der Waals surface area contributed by atoms with Crippen molar-refractivity contribution >= 4 is 22.4 Å². The van der Waals surface area contributed by atoms with Crippen molar-refractivity contribution in [2.75, 3.05) is 52.0 Å². The predicted octanol–water partition coefficient (Wildman–Crippen LogP) is 1.74. The highest BCUT2D eigenvalue weighted by Gasteiger charge is 2.12. The standard InChI is InChI=1S/C14H24N2O4S/c1-4-20-13(17)6-5-12-11-21-14(15-12)16(7-9-18-2)8-10-19-3/h11H,4-10H2,1-3H3. The highest BCUT2D eigenvalue weighted by molar-refractivity contribution is 7.13. The van der Waals surface area contributed by atoms with E-state index in [1.807, 2.05) is 12.3 Å². The van der Waals surface area contributed by atoms with E-state index in [1.54, 1.807) is 25.6 Å². The number of hydrogen-bond donors (Lipinski definition) is 0. The molecule has 0 aliphatic heterocycles. The first-order valence-corrected chi connectivity index (χ1v) is 7.92. The summed E-state index contributed by atoms with van der Waals surface area (Å²) < 4.78 is 15.2. The van der Waals surface area contributed by atoms with Crippen LogP contribution in [0.5, 0.6) is 0 Å². The summed E-state index contributed by atoms with van der Waals surface area (Å²) in [5, 5.41) is 2.92. The van der Waals surface area contributed by atoms with E-state index in [0.29, 0.717) is 32.7 Å². The van der Waals surface area contributed by atoms with Gasteiger partial charge in [0.15, 0.2) is 5.13 Å². The van der Waals surface area contributed by atoms with Gasteiger partial charge in [-0.2, -0.15) is 0 Å². The molecule has 0 aromatic carbocycles. The molecule has 21 heavy (non-hydrogen) atoms. The van der Waals surface area contributed by atoms with Crippen LogP contribution in [0.1, 0.15) is 19.0 Å². The number of hydrogen-bond acceptors (Lipinski definition) is 7. The maximum atomic E-state index is 11.3. The minimum absolute atomic E-state index is 0.178. The number of ether oxygens (including phenoxy) is 3. The van der Waals surface area contributed by atoms with Crippen LogP contribution < -0.4 is 4.90 Å². The van der Waals surface area contributed by atoms with Gasteiger partial charge >= 0.3 is 5.97 Å². The number of anilines is 1. The molecule has 1 aromatic rings. The third-order valence-corrected chi connectivity index (χ3v) is 3.78. The Morgan fingerprint density at radius 1 is 1.29 bits per heavy atom. The molecule has 0 saturated carbocycles. The largest absolute Gasteiger partial charge is 0.466 e. The number of rotatable bonds is 11. The minimum atomic E-state index is -0.178. The molecule has 0 bridgehead atoms. The summed E-state index contributed by atoms with van der Waals surface area (Å²) in [5.41, 5.74) is 0.919. The zero-order valence-electron chi connectivity index (χ0n) is 13.0.